The number of H-pyrrole nitrogens is 1. The third kappa shape index (κ3) is 3.76. The van der Waals surface area contributed by atoms with Crippen LogP contribution in [0, 0.1) is 13.8 Å². The Kier molecular flexibility index (Phi) is 4.99. The maximum atomic E-state index is 13.1. The van der Waals surface area contributed by atoms with Crippen molar-refractivity contribution in [3.8, 4) is 0 Å². The van der Waals surface area contributed by atoms with Gasteiger partial charge in [0.1, 0.15) is 0 Å². The topological polar surface area (TPSA) is 39.3 Å². The average molecular weight is 361 g/mol. The number of nitrogens with one attached hydrogen (secondary N) is 1. The van der Waals surface area contributed by atoms with Crippen LogP contribution in [0.4, 0.5) is 0 Å². The number of rotatable bonds is 3. The summed E-state index contributed by atoms with van der Waals surface area (Å²) in [6, 6.07) is 16.6. The summed E-state index contributed by atoms with van der Waals surface area (Å²) in [5, 5.41) is 1.15. The van der Waals surface area contributed by atoms with Crippen molar-refractivity contribution in [3.05, 3.63) is 70.9 Å². The van der Waals surface area contributed by atoms with E-state index < -0.39 is 0 Å². The van der Waals surface area contributed by atoms with Crippen LogP contribution in [-0.4, -0.2) is 46.9 Å². The van der Waals surface area contributed by atoms with Gasteiger partial charge in [0.25, 0.3) is 5.91 Å². The lowest BCUT2D eigenvalue weighted by Crippen LogP contribution is -2.35. The van der Waals surface area contributed by atoms with Crippen LogP contribution < -0.4 is 0 Å². The second kappa shape index (κ2) is 7.57. The molecule has 0 atom stereocenters. The van der Waals surface area contributed by atoms with Gasteiger partial charge in [-0.05, 0) is 49.6 Å². The molecule has 4 rings (SSSR count). The fourth-order valence-corrected chi connectivity index (χ4v) is 3.95. The molecule has 1 fully saturated rings. The van der Waals surface area contributed by atoms with Gasteiger partial charge in [-0.2, -0.15) is 0 Å². The van der Waals surface area contributed by atoms with Gasteiger partial charge < -0.3 is 9.88 Å². The molecule has 0 spiro atoms. The largest absolute Gasteiger partial charge is 0.358 e. The molecule has 0 radical (unpaired) electrons. The van der Waals surface area contributed by atoms with E-state index in [0.29, 0.717) is 0 Å². The molecule has 4 heteroatoms. The van der Waals surface area contributed by atoms with E-state index in [0.717, 1.165) is 55.6 Å². The van der Waals surface area contributed by atoms with Crippen molar-refractivity contribution in [3.63, 3.8) is 0 Å². The number of benzene rings is 2. The minimum atomic E-state index is 0.150. The fourth-order valence-electron chi connectivity index (χ4n) is 3.95. The number of fused-ring (bicyclic) bond motifs is 1. The molecule has 1 aliphatic rings. The molecule has 4 nitrogen and oxygen atoms in total. The average Bonchev–Trinajstić information content (AvgIpc) is 2.85. The summed E-state index contributed by atoms with van der Waals surface area (Å²) in [5.41, 5.74) is 5.62. The summed E-state index contributed by atoms with van der Waals surface area (Å²) in [6.45, 7) is 8.71. The molecule has 140 valence electrons. The number of aromatic amines is 1. The van der Waals surface area contributed by atoms with Crippen LogP contribution in [0.3, 0.4) is 0 Å². The first-order valence-electron chi connectivity index (χ1n) is 9.76. The Bertz CT molecular complexity index is 945. The van der Waals surface area contributed by atoms with Crippen molar-refractivity contribution >= 4 is 16.8 Å². The molecule has 0 bridgehead atoms. The molecular weight excluding hydrogens is 334 g/mol. The van der Waals surface area contributed by atoms with Gasteiger partial charge in [-0.1, -0.05) is 30.3 Å². The van der Waals surface area contributed by atoms with Gasteiger partial charge in [-0.25, -0.2) is 0 Å². The van der Waals surface area contributed by atoms with Crippen LogP contribution in [0.5, 0.6) is 0 Å². The zero-order chi connectivity index (χ0) is 18.8. The Morgan fingerprint density at radius 2 is 1.81 bits per heavy atom. The minimum Gasteiger partial charge on any atom is -0.358 e. The van der Waals surface area contributed by atoms with E-state index in [1.54, 1.807) is 0 Å². The van der Waals surface area contributed by atoms with E-state index in [1.165, 1.54) is 16.8 Å². The van der Waals surface area contributed by atoms with Crippen LogP contribution >= 0.6 is 0 Å². The number of hydrogen-bond acceptors (Lipinski definition) is 2. The van der Waals surface area contributed by atoms with E-state index in [2.05, 4.69) is 54.1 Å². The second-order valence-electron chi connectivity index (χ2n) is 7.54. The predicted octanol–water partition coefficient (Wildman–Crippen LogP) is 4.13. The number of aromatic nitrogens is 1. The van der Waals surface area contributed by atoms with E-state index in [-0.39, 0.29) is 5.91 Å². The molecule has 2 aromatic carbocycles. The van der Waals surface area contributed by atoms with Gasteiger partial charge in [-0.3, -0.25) is 9.69 Å². The summed E-state index contributed by atoms with van der Waals surface area (Å²) in [5.74, 6) is 0.150. The van der Waals surface area contributed by atoms with Gasteiger partial charge in [0.15, 0.2) is 0 Å². The van der Waals surface area contributed by atoms with E-state index >= 15 is 0 Å². The molecule has 27 heavy (non-hydrogen) atoms. The molecule has 1 N–H and O–H groups in total. The number of nitrogens with zero attached hydrogens (tertiary/aromatic N) is 2. The van der Waals surface area contributed by atoms with Gasteiger partial charge >= 0.3 is 0 Å². The standard InChI is InChI=1S/C23H27N3O/c1-17-18(2)24-22-10-9-20(15-21(17)22)23(27)26-12-6-11-25(13-14-26)16-19-7-4-3-5-8-19/h3-5,7-10,15,24H,6,11-14,16H2,1-2H3. The first-order chi connectivity index (χ1) is 13.1. The van der Waals surface area contributed by atoms with Gasteiger partial charge in [0.05, 0.1) is 0 Å². The van der Waals surface area contributed by atoms with Crippen molar-refractivity contribution < 1.29 is 4.79 Å². The fraction of sp³-hybridized carbons (Fsp3) is 0.348. The third-order valence-electron chi connectivity index (χ3n) is 5.68. The van der Waals surface area contributed by atoms with Crippen molar-refractivity contribution in [1.82, 2.24) is 14.8 Å². The van der Waals surface area contributed by atoms with E-state index in [1.807, 2.05) is 23.1 Å². The summed E-state index contributed by atoms with van der Waals surface area (Å²) in [6.07, 6.45) is 1.02. The molecule has 1 saturated heterocycles. The van der Waals surface area contributed by atoms with Crippen LogP contribution in [0.25, 0.3) is 10.9 Å². The second-order valence-corrected chi connectivity index (χ2v) is 7.54. The Morgan fingerprint density at radius 3 is 2.63 bits per heavy atom. The highest BCUT2D eigenvalue weighted by Crippen LogP contribution is 2.23. The smallest absolute Gasteiger partial charge is 0.253 e. The minimum absolute atomic E-state index is 0.150. The van der Waals surface area contributed by atoms with Crippen LogP contribution in [-0.2, 0) is 6.54 Å². The summed E-state index contributed by atoms with van der Waals surface area (Å²) in [7, 11) is 0. The molecule has 0 unspecified atom stereocenters. The molecule has 3 aromatic rings. The molecule has 2 heterocycles. The normalized spacial score (nSPS) is 15.9. The SMILES string of the molecule is Cc1[nH]c2ccc(C(=O)N3CCCN(Cc4ccccc4)CC3)cc2c1C. The first-order valence-corrected chi connectivity index (χ1v) is 9.76. The van der Waals surface area contributed by atoms with E-state index in [4.69, 9.17) is 0 Å². The zero-order valence-corrected chi connectivity index (χ0v) is 16.2. The quantitative estimate of drug-likeness (QED) is 0.762. The molecule has 1 amide bonds. The van der Waals surface area contributed by atoms with Crippen LogP contribution in [0.2, 0.25) is 0 Å². The predicted molar refractivity (Wildman–Crippen MR) is 110 cm³/mol. The zero-order valence-electron chi connectivity index (χ0n) is 16.2. The summed E-state index contributed by atoms with van der Waals surface area (Å²) >= 11 is 0. The number of amides is 1. The molecule has 1 aliphatic heterocycles. The van der Waals surface area contributed by atoms with Gasteiger partial charge in [-0.15, -0.1) is 0 Å². The van der Waals surface area contributed by atoms with Crippen molar-refractivity contribution in [2.24, 2.45) is 0 Å². The number of carbonyl (C=O) groups is 1. The highest BCUT2D eigenvalue weighted by molar-refractivity contribution is 5.99. The number of carbonyl (C=O) groups excluding carboxylic acids is 1. The molecular formula is C23H27N3O. The van der Waals surface area contributed by atoms with Crippen LogP contribution in [0.1, 0.15) is 33.6 Å². The molecule has 1 aromatic heterocycles. The highest BCUT2D eigenvalue weighted by Gasteiger charge is 2.21. The van der Waals surface area contributed by atoms with E-state index in [9.17, 15) is 4.79 Å². The first kappa shape index (κ1) is 17.8. The third-order valence-corrected chi connectivity index (χ3v) is 5.68. The Labute approximate surface area is 160 Å². The summed E-state index contributed by atoms with van der Waals surface area (Å²) < 4.78 is 0. The van der Waals surface area contributed by atoms with Gasteiger partial charge in [0.2, 0.25) is 0 Å². The van der Waals surface area contributed by atoms with Gasteiger partial charge in [0, 0.05) is 54.9 Å². The molecule has 0 saturated carbocycles. The number of hydrogen-bond donors (Lipinski definition) is 1. The summed E-state index contributed by atoms with van der Waals surface area (Å²) in [4.78, 5) is 20.9. The lowest BCUT2D eigenvalue weighted by molar-refractivity contribution is 0.0761. The highest BCUT2D eigenvalue weighted by atomic mass is 16.2. The maximum absolute atomic E-state index is 13.1. The molecule has 0 aliphatic carbocycles. The number of aryl methyl sites for hydroxylation is 2. The van der Waals surface area contributed by atoms with Crippen molar-refractivity contribution in [2.45, 2.75) is 26.8 Å². The van der Waals surface area contributed by atoms with Crippen molar-refractivity contribution in [2.75, 3.05) is 26.2 Å². The monoisotopic (exact) mass is 361 g/mol. The lowest BCUT2D eigenvalue weighted by atomic mass is 10.1. The maximum Gasteiger partial charge on any atom is 0.253 e. The Hall–Kier alpha value is -2.59. The Balaban J connectivity index is 1.45. The van der Waals surface area contributed by atoms with Crippen LogP contribution in [0.15, 0.2) is 48.5 Å². The van der Waals surface area contributed by atoms with Crippen molar-refractivity contribution in [1.29, 1.82) is 0 Å². The lowest BCUT2D eigenvalue weighted by Gasteiger charge is -2.22. The Morgan fingerprint density at radius 1 is 1.00 bits per heavy atom.